The van der Waals surface area contributed by atoms with Crippen molar-refractivity contribution in [3.8, 4) is 0 Å². The number of anilines is 1. The summed E-state index contributed by atoms with van der Waals surface area (Å²) < 4.78 is 2.23. The molecule has 1 heterocycles. The van der Waals surface area contributed by atoms with Gasteiger partial charge >= 0.3 is 0 Å². The van der Waals surface area contributed by atoms with E-state index in [2.05, 4.69) is 81.8 Å². The van der Waals surface area contributed by atoms with Crippen LogP contribution in [0.4, 0.5) is 5.69 Å². The number of hydrogen-bond donors (Lipinski definition) is 1. The van der Waals surface area contributed by atoms with Crippen LogP contribution in [0.15, 0.2) is 102 Å². The van der Waals surface area contributed by atoms with Gasteiger partial charge in [-0.3, -0.25) is 0 Å². The van der Waals surface area contributed by atoms with Gasteiger partial charge in [0, 0.05) is 40.6 Å². The number of benzene rings is 3. The molecule has 33 heavy (non-hydrogen) atoms. The number of thiocarbonyl (C=S) groups is 1. The molecule has 0 atom stereocenters. The molecule has 4 rings (SSSR count). The fourth-order valence-electron chi connectivity index (χ4n) is 3.66. The van der Waals surface area contributed by atoms with Crippen molar-refractivity contribution in [2.24, 2.45) is 0 Å². The van der Waals surface area contributed by atoms with E-state index in [1.807, 2.05) is 36.4 Å². The minimum absolute atomic E-state index is 0.681. The van der Waals surface area contributed by atoms with Crippen molar-refractivity contribution in [3.05, 3.63) is 119 Å². The third-order valence-corrected chi connectivity index (χ3v) is 6.85. The predicted octanol–water partition coefficient (Wildman–Crippen LogP) is 7.31. The maximum atomic E-state index is 6.42. The molecule has 0 radical (unpaired) electrons. The standard InChI is InChI=1S/C27H26ClN3S2/c1-33-25-14-7-12-23(17-25)29-27(32)31(18-21-9-3-2-4-10-21)20-24-13-8-16-30(24)19-22-11-5-6-15-26(22)28/h2-17H,18-20H2,1H3,(H,29,32). The molecule has 0 fully saturated rings. The first kappa shape index (κ1) is 23.4. The maximum Gasteiger partial charge on any atom is 0.174 e. The molecule has 168 valence electrons. The Kier molecular flexibility index (Phi) is 8.10. The summed E-state index contributed by atoms with van der Waals surface area (Å²) in [4.78, 5) is 3.40. The van der Waals surface area contributed by atoms with Crippen molar-refractivity contribution in [2.45, 2.75) is 24.5 Å². The molecule has 4 aromatic rings. The van der Waals surface area contributed by atoms with Crippen molar-refractivity contribution in [2.75, 3.05) is 11.6 Å². The van der Waals surface area contributed by atoms with E-state index >= 15 is 0 Å². The summed E-state index contributed by atoms with van der Waals surface area (Å²) in [6, 6.07) is 30.9. The van der Waals surface area contributed by atoms with E-state index in [1.165, 1.54) is 16.2 Å². The minimum Gasteiger partial charge on any atom is -0.345 e. The van der Waals surface area contributed by atoms with E-state index < -0.39 is 0 Å². The molecule has 3 nitrogen and oxygen atoms in total. The van der Waals surface area contributed by atoms with E-state index in [1.54, 1.807) is 11.8 Å². The van der Waals surface area contributed by atoms with E-state index in [0.717, 1.165) is 22.8 Å². The van der Waals surface area contributed by atoms with E-state index in [4.69, 9.17) is 23.8 Å². The fraction of sp³-hybridized carbons (Fsp3) is 0.148. The Balaban J connectivity index is 1.56. The lowest BCUT2D eigenvalue weighted by Crippen LogP contribution is -2.34. The monoisotopic (exact) mass is 491 g/mol. The number of nitrogens with one attached hydrogen (secondary N) is 1. The average Bonchev–Trinajstić information content (AvgIpc) is 3.27. The quantitative estimate of drug-likeness (QED) is 0.206. The highest BCUT2D eigenvalue weighted by Crippen LogP contribution is 2.21. The number of aromatic nitrogens is 1. The van der Waals surface area contributed by atoms with Crippen LogP contribution in [-0.4, -0.2) is 20.8 Å². The van der Waals surface area contributed by atoms with Gasteiger partial charge in [0.05, 0.1) is 6.54 Å². The van der Waals surface area contributed by atoms with Crippen LogP contribution in [0.1, 0.15) is 16.8 Å². The Bertz CT molecular complexity index is 1210. The second-order valence-electron chi connectivity index (χ2n) is 7.72. The molecule has 0 aliphatic heterocycles. The van der Waals surface area contributed by atoms with Crippen LogP contribution < -0.4 is 5.32 Å². The van der Waals surface area contributed by atoms with Gasteiger partial charge in [-0.1, -0.05) is 66.2 Å². The van der Waals surface area contributed by atoms with Gasteiger partial charge in [0.2, 0.25) is 0 Å². The van der Waals surface area contributed by atoms with Crippen molar-refractivity contribution in [3.63, 3.8) is 0 Å². The number of hydrogen-bond acceptors (Lipinski definition) is 2. The smallest absolute Gasteiger partial charge is 0.174 e. The third-order valence-electron chi connectivity index (χ3n) is 5.40. The second kappa shape index (κ2) is 11.4. The van der Waals surface area contributed by atoms with Crippen LogP contribution in [0.25, 0.3) is 0 Å². The summed E-state index contributed by atoms with van der Waals surface area (Å²) in [5, 5.41) is 4.92. The summed E-state index contributed by atoms with van der Waals surface area (Å²) in [6.45, 7) is 2.11. The molecule has 0 amide bonds. The van der Waals surface area contributed by atoms with Crippen LogP contribution in [0, 0.1) is 0 Å². The molecule has 0 spiro atoms. The fourth-order valence-corrected chi connectivity index (χ4v) is 4.56. The zero-order valence-electron chi connectivity index (χ0n) is 18.4. The van der Waals surface area contributed by atoms with E-state index in [9.17, 15) is 0 Å². The molecule has 3 aromatic carbocycles. The van der Waals surface area contributed by atoms with Gasteiger partial charge in [0.15, 0.2) is 5.11 Å². The van der Waals surface area contributed by atoms with Gasteiger partial charge < -0.3 is 14.8 Å². The zero-order valence-corrected chi connectivity index (χ0v) is 20.8. The number of halogens is 1. The van der Waals surface area contributed by atoms with Crippen molar-refractivity contribution >= 4 is 46.4 Å². The molecular formula is C27H26ClN3S2. The van der Waals surface area contributed by atoms with E-state index in [-0.39, 0.29) is 0 Å². The van der Waals surface area contributed by atoms with Gasteiger partial charge in [-0.15, -0.1) is 11.8 Å². The van der Waals surface area contributed by atoms with Gasteiger partial charge in [-0.25, -0.2) is 0 Å². The molecular weight excluding hydrogens is 466 g/mol. The molecule has 1 aromatic heterocycles. The Morgan fingerprint density at radius 2 is 1.73 bits per heavy atom. The normalized spacial score (nSPS) is 10.7. The third kappa shape index (κ3) is 6.41. The van der Waals surface area contributed by atoms with Gasteiger partial charge in [-0.2, -0.15) is 0 Å². The molecule has 1 N–H and O–H groups in total. The molecule has 0 saturated carbocycles. The highest BCUT2D eigenvalue weighted by Gasteiger charge is 2.15. The Hall–Kier alpha value is -2.73. The SMILES string of the molecule is CSc1cccc(NC(=S)N(Cc2ccccc2)Cc2cccn2Cc2ccccc2Cl)c1. The lowest BCUT2D eigenvalue weighted by atomic mass is 10.2. The van der Waals surface area contributed by atoms with Crippen LogP contribution in [0.2, 0.25) is 5.02 Å². The predicted molar refractivity (Wildman–Crippen MR) is 145 cm³/mol. The lowest BCUT2D eigenvalue weighted by Gasteiger charge is -2.27. The van der Waals surface area contributed by atoms with Crippen LogP contribution in [-0.2, 0) is 19.6 Å². The molecule has 0 aliphatic carbocycles. The summed E-state index contributed by atoms with van der Waals surface area (Å²) in [6.07, 6.45) is 4.17. The maximum absolute atomic E-state index is 6.42. The van der Waals surface area contributed by atoms with Gasteiger partial charge in [0.25, 0.3) is 0 Å². The first-order valence-corrected chi connectivity index (χ1v) is 12.7. The summed E-state index contributed by atoms with van der Waals surface area (Å²) >= 11 is 14.0. The van der Waals surface area contributed by atoms with Gasteiger partial charge in [-0.05, 0) is 66.0 Å². The Morgan fingerprint density at radius 1 is 0.939 bits per heavy atom. The number of nitrogens with zero attached hydrogens (tertiary/aromatic N) is 2. The first-order chi connectivity index (χ1) is 16.1. The summed E-state index contributed by atoms with van der Waals surface area (Å²) in [5.41, 5.74) is 4.48. The largest absolute Gasteiger partial charge is 0.345 e. The van der Waals surface area contributed by atoms with Crippen molar-refractivity contribution in [1.82, 2.24) is 9.47 Å². The average molecular weight is 492 g/mol. The Morgan fingerprint density at radius 3 is 2.52 bits per heavy atom. The summed E-state index contributed by atoms with van der Waals surface area (Å²) in [5.74, 6) is 0. The Labute approximate surface area is 210 Å². The van der Waals surface area contributed by atoms with E-state index in [0.29, 0.717) is 18.2 Å². The lowest BCUT2D eigenvalue weighted by molar-refractivity contribution is 0.399. The zero-order chi connectivity index (χ0) is 23.0. The molecule has 0 saturated heterocycles. The van der Waals surface area contributed by atoms with Crippen LogP contribution >= 0.6 is 35.6 Å². The molecule has 6 heteroatoms. The minimum atomic E-state index is 0.681. The second-order valence-corrected chi connectivity index (χ2v) is 9.40. The highest BCUT2D eigenvalue weighted by molar-refractivity contribution is 7.98. The highest BCUT2D eigenvalue weighted by atomic mass is 35.5. The molecule has 0 bridgehead atoms. The topological polar surface area (TPSA) is 20.2 Å². The molecule has 0 unspecified atom stereocenters. The molecule has 0 aliphatic rings. The van der Waals surface area contributed by atoms with Crippen molar-refractivity contribution in [1.29, 1.82) is 0 Å². The summed E-state index contributed by atoms with van der Waals surface area (Å²) in [7, 11) is 0. The number of thioether (sulfide) groups is 1. The van der Waals surface area contributed by atoms with Crippen molar-refractivity contribution < 1.29 is 0 Å². The first-order valence-electron chi connectivity index (χ1n) is 10.7. The van der Waals surface area contributed by atoms with Crippen LogP contribution in [0.3, 0.4) is 0 Å². The number of rotatable bonds is 8. The van der Waals surface area contributed by atoms with Gasteiger partial charge in [0.1, 0.15) is 0 Å². The van der Waals surface area contributed by atoms with Crippen LogP contribution in [0.5, 0.6) is 0 Å².